The van der Waals surface area contributed by atoms with Crippen LogP contribution in [0.4, 0.5) is 0 Å². The summed E-state index contributed by atoms with van der Waals surface area (Å²) in [5.74, 6) is 5.11. The summed E-state index contributed by atoms with van der Waals surface area (Å²) in [7, 11) is 0. The highest BCUT2D eigenvalue weighted by molar-refractivity contribution is 6.21. The molecule has 4 fully saturated rings. The first-order chi connectivity index (χ1) is 9.72. The highest BCUT2D eigenvalue weighted by Crippen LogP contribution is 2.59. The molecule has 2 unspecified atom stereocenters. The van der Waals surface area contributed by atoms with Crippen molar-refractivity contribution in [3.63, 3.8) is 0 Å². The molecular weight excluding hydrogens is 266 g/mol. The molecule has 0 N–H and O–H groups in total. The highest BCUT2D eigenvalue weighted by atomic mass is 35.5. The molecule has 4 aliphatic carbocycles. The van der Waals surface area contributed by atoms with Crippen molar-refractivity contribution in [1.82, 2.24) is 4.98 Å². The second-order valence-corrected chi connectivity index (χ2v) is 8.03. The Kier molecular flexibility index (Phi) is 3.29. The molecule has 0 aromatic carbocycles. The molecule has 5 rings (SSSR count). The van der Waals surface area contributed by atoms with Gasteiger partial charge in [0.25, 0.3) is 0 Å². The number of hydrogen-bond acceptors (Lipinski definition) is 1. The zero-order valence-corrected chi connectivity index (χ0v) is 13.0. The molecule has 0 saturated heterocycles. The van der Waals surface area contributed by atoms with E-state index in [0.717, 1.165) is 29.6 Å². The van der Waals surface area contributed by atoms with Gasteiger partial charge in [0.15, 0.2) is 0 Å². The van der Waals surface area contributed by atoms with Crippen molar-refractivity contribution in [2.45, 2.75) is 50.3 Å². The van der Waals surface area contributed by atoms with E-state index in [1.807, 2.05) is 12.4 Å². The van der Waals surface area contributed by atoms with Crippen LogP contribution in [0.1, 0.15) is 50.5 Å². The lowest BCUT2D eigenvalue weighted by Gasteiger charge is -2.56. The lowest BCUT2D eigenvalue weighted by molar-refractivity contribution is -0.0397. The number of alkyl halides is 1. The number of nitrogens with zero attached hydrogens (tertiary/aromatic N) is 1. The molecule has 1 aromatic rings. The van der Waals surface area contributed by atoms with Gasteiger partial charge < -0.3 is 0 Å². The van der Waals surface area contributed by atoms with E-state index in [0.29, 0.717) is 11.3 Å². The Morgan fingerprint density at radius 1 is 1.00 bits per heavy atom. The summed E-state index contributed by atoms with van der Waals surface area (Å²) in [5, 5.41) is 0.299. The standard InChI is InChI=1S/C18H24ClN/c1-11(14-2-4-20-5-3-14)18(19)17-15-7-12-6-13(9-15)10-16(17)8-12/h2-5,11-13,15-18H,6-10H2,1H3. The molecule has 2 atom stereocenters. The topological polar surface area (TPSA) is 12.9 Å². The van der Waals surface area contributed by atoms with Crippen molar-refractivity contribution in [1.29, 1.82) is 0 Å². The fourth-order valence-corrected chi connectivity index (χ4v) is 6.23. The second kappa shape index (κ2) is 5.02. The number of rotatable bonds is 3. The third kappa shape index (κ3) is 2.09. The summed E-state index contributed by atoms with van der Waals surface area (Å²) >= 11 is 6.99. The summed E-state index contributed by atoms with van der Waals surface area (Å²) in [6.45, 7) is 2.30. The van der Waals surface area contributed by atoms with Gasteiger partial charge in [-0.3, -0.25) is 4.98 Å². The van der Waals surface area contributed by atoms with Gasteiger partial charge in [0, 0.05) is 17.8 Å². The van der Waals surface area contributed by atoms with E-state index in [4.69, 9.17) is 11.6 Å². The molecule has 20 heavy (non-hydrogen) atoms. The number of pyridine rings is 1. The average Bonchev–Trinajstić information content (AvgIpc) is 2.46. The number of halogens is 1. The molecule has 4 saturated carbocycles. The minimum Gasteiger partial charge on any atom is -0.265 e. The van der Waals surface area contributed by atoms with Gasteiger partial charge in [0.05, 0.1) is 0 Å². The van der Waals surface area contributed by atoms with Crippen LogP contribution in [-0.2, 0) is 0 Å². The molecule has 0 amide bonds. The molecule has 0 radical (unpaired) electrons. The van der Waals surface area contributed by atoms with Crippen molar-refractivity contribution in [2.24, 2.45) is 29.6 Å². The van der Waals surface area contributed by atoms with Crippen LogP contribution in [0.3, 0.4) is 0 Å². The van der Waals surface area contributed by atoms with Gasteiger partial charge in [-0.1, -0.05) is 6.92 Å². The van der Waals surface area contributed by atoms with Crippen LogP contribution < -0.4 is 0 Å². The van der Waals surface area contributed by atoms with Crippen LogP contribution in [0.25, 0.3) is 0 Å². The predicted octanol–water partition coefficient (Wildman–Crippen LogP) is 4.86. The molecule has 1 aromatic heterocycles. The maximum atomic E-state index is 6.99. The third-order valence-corrected chi connectivity index (χ3v) is 7.05. The van der Waals surface area contributed by atoms with Crippen LogP contribution in [-0.4, -0.2) is 10.4 Å². The molecule has 2 heteroatoms. The molecule has 0 spiro atoms. The normalized spacial score (nSPS) is 41.6. The van der Waals surface area contributed by atoms with E-state index in [2.05, 4.69) is 24.0 Å². The summed E-state index contributed by atoms with van der Waals surface area (Å²) in [4.78, 5) is 4.13. The van der Waals surface area contributed by atoms with Crippen molar-refractivity contribution >= 4 is 11.6 Å². The van der Waals surface area contributed by atoms with Gasteiger partial charge >= 0.3 is 0 Å². The molecular formula is C18H24ClN. The summed E-state index contributed by atoms with van der Waals surface area (Å²) < 4.78 is 0. The maximum Gasteiger partial charge on any atom is 0.0435 e. The van der Waals surface area contributed by atoms with Crippen LogP contribution in [0.15, 0.2) is 24.5 Å². The minimum atomic E-state index is 0.299. The first-order valence-electron chi connectivity index (χ1n) is 8.26. The summed E-state index contributed by atoms with van der Waals surface area (Å²) in [5.41, 5.74) is 1.36. The molecule has 0 aliphatic heterocycles. The van der Waals surface area contributed by atoms with Crippen molar-refractivity contribution in [2.75, 3.05) is 0 Å². The zero-order valence-electron chi connectivity index (χ0n) is 12.2. The van der Waals surface area contributed by atoms with Crippen molar-refractivity contribution in [3.05, 3.63) is 30.1 Å². The predicted molar refractivity (Wildman–Crippen MR) is 82.8 cm³/mol. The summed E-state index contributed by atoms with van der Waals surface area (Å²) in [6, 6.07) is 4.27. The van der Waals surface area contributed by atoms with E-state index in [9.17, 15) is 0 Å². The second-order valence-electron chi connectivity index (χ2n) is 7.52. The van der Waals surface area contributed by atoms with Crippen molar-refractivity contribution < 1.29 is 0 Å². The van der Waals surface area contributed by atoms with Gasteiger partial charge in [-0.05, 0) is 85.3 Å². The van der Waals surface area contributed by atoms with E-state index in [1.54, 1.807) is 0 Å². The minimum absolute atomic E-state index is 0.299. The maximum absolute atomic E-state index is 6.99. The molecule has 4 aliphatic rings. The van der Waals surface area contributed by atoms with Crippen molar-refractivity contribution in [3.8, 4) is 0 Å². The third-order valence-electron chi connectivity index (χ3n) is 6.38. The largest absolute Gasteiger partial charge is 0.265 e. The Bertz CT molecular complexity index is 444. The van der Waals surface area contributed by atoms with Gasteiger partial charge in [0.2, 0.25) is 0 Å². The zero-order chi connectivity index (χ0) is 13.7. The lowest BCUT2D eigenvalue weighted by Crippen LogP contribution is -2.49. The Labute approximate surface area is 127 Å². The number of hydrogen-bond donors (Lipinski definition) is 0. The fourth-order valence-electron chi connectivity index (χ4n) is 5.67. The smallest absolute Gasteiger partial charge is 0.0435 e. The quantitative estimate of drug-likeness (QED) is 0.724. The fraction of sp³-hybridized carbons (Fsp3) is 0.722. The Hall–Kier alpha value is -0.560. The molecule has 4 bridgehead atoms. The van der Waals surface area contributed by atoms with E-state index >= 15 is 0 Å². The SMILES string of the molecule is CC(c1ccncc1)C(Cl)C1C2CC3CC(C2)CC1C3. The van der Waals surface area contributed by atoms with E-state index in [1.165, 1.54) is 37.7 Å². The first kappa shape index (κ1) is 13.1. The van der Waals surface area contributed by atoms with Gasteiger partial charge in [-0.15, -0.1) is 11.6 Å². The van der Waals surface area contributed by atoms with Gasteiger partial charge in [-0.25, -0.2) is 0 Å². The molecule has 108 valence electrons. The van der Waals surface area contributed by atoms with Gasteiger partial charge in [0.1, 0.15) is 0 Å². The lowest BCUT2D eigenvalue weighted by atomic mass is 9.50. The average molecular weight is 290 g/mol. The van der Waals surface area contributed by atoms with E-state index < -0.39 is 0 Å². The van der Waals surface area contributed by atoms with E-state index in [-0.39, 0.29) is 0 Å². The Balaban J connectivity index is 1.55. The molecule has 1 nitrogen and oxygen atoms in total. The first-order valence-corrected chi connectivity index (χ1v) is 8.70. The highest BCUT2D eigenvalue weighted by Gasteiger charge is 2.50. The van der Waals surface area contributed by atoms with Crippen LogP contribution in [0.2, 0.25) is 0 Å². The summed E-state index contributed by atoms with van der Waals surface area (Å²) in [6.07, 6.45) is 11.2. The van der Waals surface area contributed by atoms with Crippen LogP contribution in [0, 0.1) is 29.6 Å². The molecule has 1 heterocycles. The Morgan fingerprint density at radius 2 is 1.55 bits per heavy atom. The monoisotopic (exact) mass is 289 g/mol. The number of aromatic nitrogens is 1. The van der Waals surface area contributed by atoms with Gasteiger partial charge in [-0.2, -0.15) is 0 Å². The van der Waals surface area contributed by atoms with Crippen LogP contribution in [0.5, 0.6) is 0 Å². The Morgan fingerprint density at radius 3 is 2.10 bits per heavy atom. The van der Waals surface area contributed by atoms with Crippen LogP contribution >= 0.6 is 11.6 Å².